The molecule has 25 heavy (non-hydrogen) atoms. The molecule has 9 heteroatoms. The van der Waals surface area contributed by atoms with Crippen LogP contribution in [0.5, 0.6) is 0 Å². The molecule has 1 fully saturated rings. The first kappa shape index (κ1) is 15.7. The Bertz CT molecular complexity index is 984. The summed E-state index contributed by atoms with van der Waals surface area (Å²) in [5, 5.41) is 10.1. The Kier molecular flexibility index (Phi) is 3.72. The van der Waals surface area contributed by atoms with Gasteiger partial charge in [0, 0.05) is 12.6 Å². The Morgan fingerprint density at radius 1 is 1.32 bits per heavy atom. The van der Waals surface area contributed by atoms with Crippen molar-refractivity contribution in [1.82, 2.24) is 25.1 Å². The van der Waals surface area contributed by atoms with Crippen LogP contribution in [0.4, 0.5) is 14.7 Å². The molecule has 1 aromatic carbocycles. The van der Waals surface area contributed by atoms with Crippen molar-refractivity contribution in [3.63, 3.8) is 0 Å². The number of likely N-dealkylation sites (N-methyl/N-ethyl adjacent to an activating group) is 1. The largest absolute Gasteiger partial charge is 0.351 e. The van der Waals surface area contributed by atoms with E-state index in [1.54, 1.807) is 6.07 Å². The normalized spacial score (nSPS) is 21.1. The summed E-state index contributed by atoms with van der Waals surface area (Å²) >= 11 is 0. The Morgan fingerprint density at radius 2 is 2.16 bits per heavy atom. The van der Waals surface area contributed by atoms with E-state index in [2.05, 4.69) is 30.4 Å². The van der Waals surface area contributed by atoms with Crippen molar-refractivity contribution in [1.29, 1.82) is 0 Å². The number of benzene rings is 1. The molecule has 1 aliphatic rings. The van der Waals surface area contributed by atoms with Crippen LogP contribution in [0, 0.1) is 11.6 Å². The number of nitrogens with zero attached hydrogens (tertiary/aromatic N) is 3. The zero-order chi connectivity index (χ0) is 17.6. The number of likely N-dealkylation sites (tertiary alicyclic amines) is 1. The summed E-state index contributed by atoms with van der Waals surface area (Å²) in [6, 6.07) is 3.64. The third-order valence-electron chi connectivity index (χ3n) is 4.58. The Morgan fingerprint density at radius 3 is 2.96 bits per heavy atom. The summed E-state index contributed by atoms with van der Waals surface area (Å²) in [5.41, 5.74) is 0.764. The highest BCUT2D eigenvalue weighted by Crippen LogP contribution is 2.33. The summed E-state index contributed by atoms with van der Waals surface area (Å²) in [6.07, 6.45) is 2.18. The summed E-state index contributed by atoms with van der Waals surface area (Å²) < 4.78 is 26.8. The van der Waals surface area contributed by atoms with Gasteiger partial charge in [0.2, 0.25) is 5.95 Å². The number of fused-ring (bicyclic) bond motifs is 1. The van der Waals surface area contributed by atoms with Gasteiger partial charge in [0.05, 0.1) is 12.2 Å². The van der Waals surface area contributed by atoms with E-state index in [0.717, 1.165) is 19.0 Å². The fourth-order valence-corrected chi connectivity index (χ4v) is 3.37. The van der Waals surface area contributed by atoms with Crippen molar-refractivity contribution in [2.75, 3.05) is 18.9 Å². The Labute approximate surface area is 141 Å². The molecule has 2 aromatic heterocycles. The second-order valence-electron chi connectivity index (χ2n) is 6.19. The van der Waals surface area contributed by atoms with E-state index in [9.17, 15) is 13.6 Å². The number of nitrogens with one attached hydrogen (secondary N) is 3. The predicted octanol–water partition coefficient (Wildman–Crippen LogP) is 1.78. The van der Waals surface area contributed by atoms with Crippen molar-refractivity contribution in [3.05, 3.63) is 51.9 Å². The van der Waals surface area contributed by atoms with Gasteiger partial charge in [-0.2, -0.15) is 10.1 Å². The van der Waals surface area contributed by atoms with Gasteiger partial charge in [0.25, 0.3) is 5.56 Å². The molecule has 4 rings (SSSR count). The minimum atomic E-state index is -0.873. The highest BCUT2D eigenvalue weighted by molar-refractivity contribution is 5.73. The second-order valence-corrected chi connectivity index (χ2v) is 6.19. The van der Waals surface area contributed by atoms with Crippen LogP contribution in [0.2, 0.25) is 0 Å². The fourth-order valence-electron chi connectivity index (χ4n) is 3.37. The molecule has 0 saturated carbocycles. The maximum atomic E-state index is 13.6. The highest BCUT2D eigenvalue weighted by atomic mass is 19.2. The minimum absolute atomic E-state index is 0.113. The number of rotatable bonds is 3. The molecule has 0 bridgehead atoms. The topological polar surface area (TPSA) is 89.7 Å². The first-order chi connectivity index (χ1) is 12.0. The molecule has 130 valence electrons. The lowest BCUT2D eigenvalue weighted by Crippen LogP contribution is -2.30. The summed E-state index contributed by atoms with van der Waals surface area (Å²) in [5.74, 6) is -1.43. The summed E-state index contributed by atoms with van der Waals surface area (Å²) in [6.45, 7) is 0.776. The van der Waals surface area contributed by atoms with E-state index < -0.39 is 11.6 Å². The zero-order valence-corrected chi connectivity index (χ0v) is 13.4. The van der Waals surface area contributed by atoms with Gasteiger partial charge >= 0.3 is 0 Å². The maximum Gasteiger partial charge on any atom is 0.263 e. The van der Waals surface area contributed by atoms with Crippen LogP contribution in [0.3, 0.4) is 0 Å². The number of H-pyrrole nitrogens is 2. The third kappa shape index (κ3) is 2.76. The third-order valence-corrected chi connectivity index (χ3v) is 4.58. The molecule has 2 atom stereocenters. The highest BCUT2D eigenvalue weighted by Gasteiger charge is 2.34. The van der Waals surface area contributed by atoms with Gasteiger partial charge in [-0.25, -0.2) is 8.78 Å². The number of aromatic nitrogens is 4. The van der Waals surface area contributed by atoms with Gasteiger partial charge in [-0.1, -0.05) is 6.07 Å². The van der Waals surface area contributed by atoms with Gasteiger partial charge < -0.3 is 5.32 Å². The van der Waals surface area contributed by atoms with Gasteiger partial charge in [0.1, 0.15) is 5.39 Å². The Balaban J connectivity index is 1.65. The molecule has 0 spiro atoms. The number of aromatic amines is 2. The lowest BCUT2D eigenvalue weighted by molar-refractivity contribution is 0.307. The van der Waals surface area contributed by atoms with Gasteiger partial charge in [-0.05, 0) is 31.2 Å². The minimum Gasteiger partial charge on any atom is -0.351 e. The lowest BCUT2D eigenvalue weighted by Gasteiger charge is -2.26. The average molecular weight is 346 g/mol. The van der Waals surface area contributed by atoms with Crippen molar-refractivity contribution in [2.24, 2.45) is 0 Å². The van der Waals surface area contributed by atoms with Gasteiger partial charge in [-0.3, -0.25) is 19.8 Å². The van der Waals surface area contributed by atoms with Gasteiger partial charge in [-0.15, -0.1) is 0 Å². The Hall–Kier alpha value is -2.81. The monoisotopic (exact) mass is 346 g/mol. The molecule has 0 radical (unpaired) electrons. The van der Waals surface area contributed by atoms with E-state index in [4.69, 9.17) is 0 Å². The van der Waals surface area contributed by atoms with Crippen LogP contribution in [0.1, 0.15) is 18.0 Å². The molecule has 0 amide bonds. The van der Waals surface area contributed by atoms with E-state index in [0.29, 0.717) is 22.5 Å². The number of hydrogen-bond donors (Lipinski definition) is 3. The maximum absolute atomic E-state index is 13.6. The van der Waals surface area contributed by atoms with E-state index in [1.807, 2.05) is 7.05 Å². The van der Waals surface area contributed by atoms with Crippen molar-refractivity contribution in [3.8, 4) is 0 Å². The predicted molar refractivity (Wildman–Crippen MR) is 88.3 cm³/mol. The van der Waals surface area contributed by atoms with Crippen LogP contribution in [-0.4, -0.2) is 44.7 Å². The average Bonchev–Trinajstić information content (AvgIpc) is 3.18. The SMILES string of the molecule is CN1CC[C@H](Nc2nc3[nH]ncc3c(=O)[nH]2)[C@@H]1c1ccc(F)c(F)c1. The second kappa shape index (κ2) is 5.92. The molecule has 1 aliphatic heterocycles. The van der Waals surface area contributed by atoms with Crippen LogP contribution in [-0.2, 0) is 0 Å². The standard InChI is InChI=1S/C16H16F2N6O/c1-24-5-4-12(13(24)8-2-3-10(17)11(18)6-8)20-16-21-14-9(7-19-23-14)15(25)22-16/h2-3,6-7,12-13H,4-5H2,1H3,(H3,19,20,21,22,23,25)/t12-,13-/m0/s1. The van der Waals surface area contributed by atoms with E-state index >= 15 is 0 Å². The zero-order valence-electron chi connectivity index (χ0n) is 13.4. The van der Waals surface area contributed by atoms with E-state index in [-0.39, 0.29) is 17.6 Å². The van der Waals surface area contributed by atoms with Crippen LogP contribution >= 0.6 is 0 Å². The molecule has 0 aliphatic carbocycles. The molecule has 3 aromatic rings. The molecule has 7 nitrogen and oxygen atoms in total. The molecule has 3 N–H and O–H groups in total. The molecule has 1 saturated heterocycles. The molecular weight excluding hydrogens is 330 g/mol. The van der Waals surface area contributed by atoms with Crippen molar-refractivity contribution >= 4 is 17.0 Å². The van der Waals surface area contributed by atoms with Crippen LogP contribution in [0.15, 0.2) is 29.2 Å². The van der Waals surface area contributed by atoms with Crippen LogP contribution < -0.4 is 10.9 Å². The van der Waals surface area contributed by atoms with Crippen molar-refractivity contribution < 1.29 is 8.78 Å². The molecule has 3 heterocycles. The molecular formula is C16H16F2N6O. The van der Waals surface area contributed by atoms with E-state index in [1.165, 1.54) is 12.3 Å². The number of hydrogen-bond acceptors (Lipinski definition) is 5. The smallest absolute Gasteiger partial charge is 0.263 e. The summed E-state index contributed by atoms with van der Waals surface area (Å²) in [4.78, 5) is 21.1. The summed E-state index contributed by atoms with van der Waals surface area (Å²) in [7, 11) is 1.92. The fraction of sp³-hybridized carbons (Fsp3) is 0.312. The first-order valence-corrected chi connectivity index (χ1v) is 7.88. The van der Waals surface area contributed by atoms with Gasteiger partial charge in [0.15, 0.2) is 17.3 Å². The number of anilines is 1. The molecule has 0 unspecified atom stereocenters. The first-order valence-electron chi connectivity index (χ1n) is 7.88. The lowest BCUT2D eigenvalue weighted by atomic mass is 10.00. The van der Waals surface area contributed by atoms with Crippen molar-refractivity contribution in [2.45, 2.75) is 18.5 Å². The van der Waals surface area contributed by atoms with Crippen LogP contribution in [0.25, 0.3) is 11.0 Å². The quantitative estimate of drug-likeness (QED) is 0.673. The number of halogens is 2.